The second-order valence-corrected chi connectivity index (χ2v) is 4.00. The van der Waals surface area contributed by atoms with Gasteiger partial charge >= 0.3 is 0 Å². The number of aromatic nitrogens is 1. The molecule has 0 unspecified atom stereocenters. The molecule has 0 aliphatic carbocycles. The van der Waals surface area contributed by atoms with E-state index in [9.17, 15) is 14.4 Å². The van der Waals surface area contributed by atoms with Gasteiger partial charge in [-0.3, -0.25) is 14.4 Å². The number of hydrogen-bond acceptors (Lipinski definition) is 3. The van der Waals surface area contributed by atoms with Crippen LogP contribution < -0.4 is 16.1 Å². The van der Waals surface area contributed by atoms with Crippen molar-refractivity contribution < 1.29 is 9.59 Å². The van der Waals surface area contributed by atoms with Crippen LogP contribution >= 0.6 is 0 Å². The van der Waals surface area contributed by atoms with Crippen molar-refractivity contribution in [2.24, 2.45) is 0 Å². The van der Waals surface area contributed by atoms with E-state index in [1.807, 2.05) is 0 Å². The number of H-pyrrole nitrogens is 1. The van der Waals surface area contributed by atoms with Crippen LogP contribution in [-0.4, -0.2) is 23.8 Å². The van der Waals surface area contributed by atoms with Crippen molar-refractivity contribution in [3.8, 4) is 0 Å². The molecule has 1 aromatic carbocycles. The molecular formula is C14H13N3O3. The van der Waals surface area contributed by atoms with Gasteiger partial charge in [0.25, 0.3) is 11.8 Å². The average Bonchev–Trinajstić information content (AvgIpc) is 2.47. The average molecular weight is 271 g/mol. The number of aromatic amines is 1. The lowest BCUT2D eigenvalue weighted by Crippen LogP contribution is -2.24. The summed E-state index contributed by atoms with van der Waals surface area (Å²) >= 11 is 0. The molecule has 0 bridgehead atoms. The van der Waals surface area contributed by atoms with Gasteiger partial charge in [0, 0.05) is 25.5 Å². The first-order valence-corrected chi connectivity index (χ1v) is 5.93. The molecule has 6 heteroatoms. The zero-order valence-corrected chi connectivity index (χ0v) is 10.8. The second-order valence-electron chi connectivity index (χ2n) is 4.00. The predicted octanol–water partition coefficient (Wildman–Crippen LogP) is 0.987. The Morgan fingerprint density at radius 2 is 1.80 bits per heavy atom. The number of nitrogens with one attached hydrogen (secondary N) is 3. The molecule has 2 amide bonds. The molecule has 0 aliphatic heterocycles. The molecule has 0 saturated carbocycles. The smallest absolute Gasteiger partial charge is 0.261 e. The molecule has 3 N–H and O–H groups in total. The molecule has 102 valence electrons. The van der Waals surface area contributed by atoms with Crippen LogP contribution in [0.15, 0.2) is 47.5 Å². The maximum atomic E-state index is 12.0. The lowest BCUT2D eigenvalue weighted by molar-refractivity contribution is 0.0964. The highest BCUT2D eigenvalue weighted by atomic mass is 16.2. The number of amides is 2. The summed E-state index contributed by atoms with van der Waals surface area (Å²) in [4.78, 5) is 38.0. The number of benzene rings is 1. The van der Waals surface area contributed by atoms with Gasteiger partial charge in [-0.05, 0) is 12.1 Å². The molecule has 0 atom stereocenters. The van der Waals surface area contributed by atoms with Crippen LogP contribution in [0.4, 0.5) is 5.69 Å². The highest BCUT2D eigenvalue weighted by Gasteiger charge is 2.14. The fourth-order valence-corrected chi connectivity index (χ4v) is 1.71. The van der Waals surface area contributed by atoms with E-state index >= 15 is 0 Å². The molecule has 1 aromatic heterocycles. The zero-order chi connectivity index (χ0) is 14.5. The molecule has 6 nitrogen and oxygen atoms in total. The summed E-state index contributed by atoms with van der Waals surface area (Å²) in [5, 5.41) is 5.05. The number of hydrogen-bond donors (Lipinski definition) is 3. The largest absolute Gasteiger partial charge is 0.367 e. The first-order chi connectivity index (χ1) is 9.63. The van der Waals surface area contributed by atoms with Crippen molar-refractivity contribution >= 4 is 17.5 Å². The molecule has 0 fully saturated rings. The van der Waals surface area contributed by atoms with Crippen molar-refractivity contribution in [1.82, 2.24) is 10.3 Å². The Balaban J connectivity index is 2.32. The van der Waals surface area contributed by atoms with Crippen molar-refractivity contribution in [3.63, 3.8) is 0 Å². The molecule has 1 heterocycles. The summed E-state index contributed by atoms with van der Waals surface area (Å²) in [7, 11) is 1.50. The monoisotopic (exact) mass is 271 g/mol. The molecule has 0 spiro atoms. The number of anilines is 1. The molecule has 2 aromatic rings. The SMILES string of the molecule is CNC(=O)c1ccccc1NC(=O)c1c[nH]ccc1=O. The summed E-state index contributed by atoms with van der Waals surface area (Å²) in [6, 6.07) is 7.83. The minimum Gasteiger partial charge on any atom is -0.367 e. The van der Waals surface area contributed by atoms with E-state index < -0.39 is 11.3 Å². The number of pyridine rings is 1. The molecule has 0 aliphatic rings. The highest BCUT2D eigenvalue weighted by molar-refractivity contribution is 6.08. The molecule has 0 radical (unpaired) electrons. The van der Waals surface area contributed by atoms with Crippen molar-refractivity contribution in [2.45, 2.75) is 0 Å². The molecule has 20 heavy (non-hydrogen) atoms. The summed E-state index contributed by atoms with van der Waals surface area (Å²) < 4.78 is 0. The van der Waals surface area contributed by atoms with Crippen LogP contribution in [0.2, 0.25) is 0 Å². The Labute approximate surface area is 114 Å². The van der Waals surface area contributed by atoms with E-state index in [-0.39, 0.29) is 11.5 Å². The van der Waals surface area contributed by atoms with Gasteiger partial charge in [0.05, 0.1) is 11.3 Å². The van der Waals surface area contributed by atoms with Crippen LogP contribution in [0, 0.1) is 0 Å². The summed E-state index contributed by atoms with van der Waals surface area (Å²) in [5.41, 5.74) is 0.272. The fraction of sp³-hybridized carbons (Fsp3) is 0.0714. The van der Waals surface area contributed by atoms with E-state index in [1.54, 1.807) is 24.3 Å². The Hall–Kier alpha value is -2.89. The van der Waals surface area contributed by atoms with Gasteiger partial charge in [-0.25, -0.2) is 0 Å². The van der Waals surface area contributed by atoms with Crippen molar-refractivity contribution in [2.75, 3.05) is 12.4 Å². The standard InChI is InChI=1S/C14H13N3O3/c1-15-13(19)9-4-2-3-5-11(9)17-14(20)10-8-16-7-6-12(10)18/h2-8H,1H3,(H,15,19)(H,16,18)(H,17,20). The van der Waals surface area contributed by atoms with Crippen LogP contribution in [0.5, 0.6) is 0 Å². The van der Waals surface area contributed by atoms with Gasteiger partial charge in [-0.15, -0.1) is 0 Å². The molecule has 2 rings (SSSR count). The zero-order valence-electron chi connectivity index (χ0n) is 10.8. The summed E-state index contributed by atoms with van der Waals surface area (Å²) in [5.74, 6) is -0.883. The fourth-order valence-electron chi connectivity index (χ4n) is 1.71. The molecule has 0 saturated heterocycles. The van der Waals surface area contributed by atoms with Gasteiger partial charge in [-0.2, -0.15) is 0 Å². The maximum Gasteiger partial charge on any atom is 0.261 e. The van der Waals surface area contributed by atoms with Gasteiger partial charge in [-0.1, -0.05) is 12.1 Å². The number of carbonyl (C=O) groups is 2. The quantitative estimate of drug-likeness (QED) is 0.777. The Morgan fingerprint density at radius 3 is 2.50 bits per heavy atom. The third-order valence-electron chi connectivity index (χ3n) is 2.72. The second kappa shape index (κ2) is 5.83. The first-order valence-electron chi connectivity index (χ1n) is 5.93. The van der Waals surface area contributed by atoms with Gasteiger partial charge < -0.3 is 15.6 Å². The van der Waals surface area contributed by atoms with E-state index in [1.165, 1.54) is 25.5 Å². The lowest BCUT2D eigenvalue weighted by atomic mass is 10.1. The highest BCUT2D eigenvalue weighted by Crippen LogP contribution is 2.15. The predicted molar refractivity (Wildman–Crippen MR) is 74.8 cm³/mol. The third-order valence-corrected chi connectivity index (χ3v) is 2.72. The van der Waals surface area contributed by atoms with Gasteiger partial charge in [0.1, 0.15) is 5.56 Å². The minimum atomic E-state index is -0.566. The minimum absolute atomic E-state index is 0.0146. The topological polar surface area (TPSA) is 91.1 Å². The normalized spacial score (nSPS) is 9.85. The Morgan fingerprint density at radius 1 is 1.05 bits per heavy atom. The van der Waals surface area contributed by atoms with E-state index in [4.69, 9.17) is 0 Å². The molecular weight excluding hydrogens is 258 g/mol. The number of rotatable bonds is 3. The van der Waals surface area contributed by atoms with Gasteiger partial charge in [0.15, 0.2) is 5.43 Å². The third kappa shape index (κ3) is 2.74. The Kier molecular flexibility index (Phi) is 3.95. The van der Waals surface area contributed by atoms with E-state index in [0.29, 0.717) is 11.3 Å². The first kappa shape index (κ1) is 13.5. The van der Waals surface area contributed by atoms with Gasteiger partial charge in [0.2, 0.25) is 0 Å². The van der Waals surface area contributed by atoms with Crippen LogP contribution in [0.1, 0.15) is 20.7 Å². The van der Waals surface area contributed by atoms with Crippen molar-refractivity contribution in [1.29, 1.82) is 0 Å². The van der Waals surface area contributed by atoms with Crippen LogP contribution in [0.25, 0.3) is 0 Å². The lowest BCUT2D eigenvalue weighted by Gasteiger charge is -2.09. The van der Waals surface area contributed by atoms with Crippen LogP contribution in [-0.2, 0) is 0 Å². The van der Waals surface area contributed by atoms with Crippen LogP contribution in [0.3, 0.4) is 0 Å². The van der Waals surface area contributed by atoms with Crippen molar-refractivity contribution in [3.05, 3.63) is 64.1 Å². The summed E-state index contributed by atoms with van der Waals surface area (Å²) in [6.07, 6.45) is 2.76. The van der Waals surface area contributed by atoms with E-state index in [0.717, 1.165) is 0 Å². The Bertz CT molecular complexity index is 707. The van der Waals surface area contributed by atoms with E-state index in [2.05, 4.69) is 15.6 Å². The number of carbonyl (C=O) groups excluding carboxylic acids is 2. The maximum absolute atomic E-state index is 12.0. The number of para-hydroxylation sites is 1. The summed E-state index contributed by atoms with van der Waals surface area (Å²) in [6.45, 7) is 0.